The van der Waals surface area contributed by atoms with Gasteiger partial charge in [-0.05, 0) is 32.0 Å². The quantitative estimate of drug-likeness (QED) is 0.864. The molecule has 102 valence electrons. The molecule has 6 heteroatoms. The molecular weight excluding hydrogens is 318 g/mol. The average Bonchev–Trinajstić information content (AvgIpc) is 2.21. The van der Waals surface area contributed by atoms with Crippen molar-refractivity contribution in [3.63, 3.8) is 0 Å². The summed E-state index contributed by atoms with van der Waals surface area (Å²) in [6, 6.07) is 5.15. The Bertz CT molecular complexity index is 526. The van der Waals surface area contributed by atoms with Crippen molar-refractivity contribution >= 4 is 25.8 Å². The Balaban J connectivity index is 2.65. The Hall–Kier alpha value is -0.590. The molecule has 1 rings (SSSR count). The third-order valence-electron chi connectivity index (χ3n) is 2.91. The zero-order valence-corrected chi connectivity index (χ0v) is 13.1. The van der Waals surface area contributed by atoms with E-state index in [4.69, 9.17) is 0 Å². The number of hydrogen-bond acceptors (Lipinski definition) is 4. The van der Waals surface area contributed by atoms with Gasteiger partial charge in [0, 0.05) is 29.4 Å². The zero-order chi connectivity index (χ0) is 14.0. The maximum absolute atomic E-state index is 11.5. The van der Waals surface area contributed by atoms with Crippen LogP contribution in [0.2, 0.25) is 0 Å². The van der Waals surface area contributed by atoms with Crippen LogP contribution in [0, 0.1) is 0 Å². The first-order valence-electron chi connectivity index (χ1n) is 5.51. The van der Waals surface area contributed by atoms with E-state index in [1.807, 2.05) is 0 Å². The molecule has 0 spiro atoms. The molecule has 0 atom stereocenters. The molecule has 0 aliphatic carbocycles. The van der Waals surface area contributed by atoms with Crippen LogP contribution in [0.15, 0.2) is 22.7 Å². The maximum atomic E-state index is 11.5. The van der Waals surface area contributed by atoms with E-state index in [2.05, 4.69) is 21.2 Å². The molecule has 0 aliphatic heterocycles. The normalized spacial score (nSPS) is 12.7. The fourth-order valence-corrected chi connectivity index (χ4v) is 2.10. The minimum atomic E-state index is -3.11. The molecule has 4 nitrogen and oxygen atoms in total. The monoisotopic (exact) mass is 335 g/mol. The van der Waals surface area contributed by atoms with Gasteiger partial charge in [-0.25, -0.2) is 8.42 Å². The average molecular weight is 336 g/mol. The highest BCUT2D eigenvalue weighted by molar-refractivity contribution is 9.10. The fraction of sp³-hybridized carbons (Fsp3) is 0.500. The van der Waals surface area contributed by atoms with Gasteiger partial charge in [-0.3, -0.25) is 0 Å². The van der Waals surface area contributed by atoms with E-state index in [1.54, 1.807) is 32.0 Å². The summed E-state index contributed by atoms with van der Waals surface area (Å²) >= 11 is 3.32. The molecule has 2 N–H and O–H groups in total. The number of aromatic hydroxyl groups is 1. The molecule has 0 amide bonds. The van der Waals surface area contributed by atoms with Gasteiger partial charge in [0.15, 0.2) is 9.84 Å². The van der Waals surface area contributed by atoms with Crippen molar-refractivity contribution in [2.24, 2.45) is 0 Å². The van der Waals surface area contributed by atoms with E-state index >= 15 is 0 Å². The second-order valence-corrected chi connectivity index (χ2v) is 8.47. The Kier molecular flexibility index (Phi) is 4.80. The smallest absolute Gasteiger partial charge is 0.153 e. The topological polar surface area (TPSA) is 66.4 Å². The zero-order valence-electron chi connectivity index (χ0n) is 10.7. The van der Waals surface area contributed by atoms with Crippen LogP contribution in [0.3, 0.4) is 0 Å². The molecule has 1 aromatic rings. The summed E-state index contributed by atoms with van der Waals surface area (Å²) in [6.45, 7) is 4.11. The second-order valence-electron chi connectivity index (χ2n) is 4.91. The first kappa shape index (κ1) is 15.5. The summed E-state index contributed by atoms with van der Waals surface area (Å²) in [5.74, 6) is 0.197. The van der Waals surface area contributed by atoms with Gasteiger partial charge in [0.05, 0.1) is 4.75 Å². The van der Waals surface area contributed by atoms with Gasteiger partial charge < -0.3 is 10.4 Å². The number of halogens is 1. The minimum absolute atomic E-state index is 0.197. The van der Waals surface area contributed by atoms with E-state index in [-0.39, 0.29) is 5.75 Å². The Labute approximate surface area is 116 Å². The van der Waals surface area contributed by atoms with Crippen molar-refractivity contribution in [1.82, 2.24) is 5.32 Å². The summed E-state index contributed by atoms with van der Waals surface area (Å²) in [6.07, 6.45) is 1.23. The third kappa shape index (κ3) is 3.96. The summed E-state index contributed by atoms with van der Waals surface area (Å²) in [7, 11) is -3.11. The molecular formula is C12H18BrNO3S. The molecule has 0 radical (unpaired) electrons. The number of phenols is 1. The second kappa shape index (κ2) is 5.59. The van der Waals surface area contributed by atoms with Crippen LogP contribution in [-0.4, -0.2) is 31.1 Å². The fourth-order valence-electron chi connectivity index (χ4n) is 1.32. The van der Waals surface area contributed by atoms with Crippen LogP contribution in [0.5, 0.6) is 5.75 Å². The first-order valence-corrected chi connectivity index (χ1v) is 8.19. The molecule has 0 bridgehead atoms. The van der Waals surface area contributed by atoms with Crippen molar-refractivity contribution in [3.8, 4) is 5.75 Å². The van der Waals surface area contributed by atoms with Crippen LogP contribution in [0.4, 0.5) is 0 Å². The summed E-state index contributed by atoms with van der Waals surface area (Å²) < 4.78 is 23.1. The summed E-state index contributed by atoms with van der Waals surface area (Å²) in [4.78, 5) is 0. The van der Waals surface area contributed by atoms with Crippen molar-refractivity contribution < 1.29 is 13.5 Å². The van der Waals surface area contributed by atoms with Gasteiger partial charge in [0.2, 0.25) is 0 Å². The third-order valence-corrected chi connectivity index (χ3v) is 5.56. The molecule has 1 aromatic carbocycles. The molecule has 0 saturated carbocycles. The van der Waals surface area contributed by atoms with Crippen molar-refractivity contribution in [3.05, 3.63) is 28.2 Å². The van der Waals surface area contributed by atoms with Crippen LogP contribution >= 0.6 is 15.9 Å². The maximum Gasteiger partial charge on any atom is 0.153 e. The van der Waals surface area contributed by atoms with E-state index in [0.717, 1.165) is 10.0 Å². The van der Waals surface area contributed by atoms with E-state index < -0.39 is 14.6 Å². The van der Waals surface area contributed by atoms with Crippen LogP contribution < -0.4 is 5.32 Å². The van der Waals surface area contributed by atoms with Crippen LogP contribution in [0.1, 0.15) is 19.4 Å². The van der Waals surface area contributed by atoms with Gasteiger partial charge >= 0.3 is 0 Å². The highest BCUT2D eigenvalue weighted by Gasteiger charge is 2.29. The molecule has 0 aliphatic rings. The number of hydrogen-bond donors (Lipinski definition) is 2. The molecule has 18 heavy (non-hydrogen) atoms. The number of phenolic OH excluding ortho intramolecular Hbond substituents is 1. The van der Waals surface area contributed by atoms with Gasteiger partial charge in [-0.15, -0.1) is 0 Å². The molecule has 0 saturated heterocycles. The van der Waals surface area contributed by atoms with Crippen molar-refractivity contribution in [1.29, 1.82) is 0 Å². The number of nitrogens with one attached hydrogen (secondary N) is 1. The van der Waals surface area contributed by atoms with Crippen LogP contribution in [-0.2, 0) is 16.4 Å². The molecule has 0 unspecified atom stereocenters. The minimum Gasteiger partial charge on any atom is -0.508 e. The SMILES string of the molecule is CC(C)(CNCc1cc(Br)ccc1O)S(C)(=O)=O. The Morgan fingerprint density at radius 3 is 2.56 bits per heavy atom. The van der Waals surface area contributed by atoms with Gasteiger partial charge in [0.25, 0.3) is 0 Å². The lowest BCUT2D eigenvalue weighted by Gasteiger charge is -2.23. The lowest BCUT2D eigenvalue weighted by molar-refractivity contribution is 0.461. The predicted octanol–water partition coefficient (Wildman–Crippen LogP) is 2.07. The largest absolute Gasteiger partial charge is 0.508 e. The lowest BCUT2D eigenvalue weighted by atomic mass is 10.1. The van der Waals surface area contributed by atoms with E-state index in [1.165, 1.54) is 6.26 Å². The lowest BCUT2D eigenvalue weighted by Crippen LogP contribution is -2.41. The van der Waals surface area contributed by atoms with E-state index in [0.29, 0.717) is 13.1 Å². The van der Waals surface area contributed by atoms with Crippen molar-refractivity contribution in [2.75, 3.05) is 12.8 Å². The molecule has 0 aromatic heterocycles. The van der Waals surface area contributed by atoms with Gasteiger partial charge in [0.1, 0.15) is 5.75 Å². The predicted molar refractivity (Wildman–Crippen MR) is 76.4 cm³/mol. The summed E-state index contributed by atoms with van der Waals surface area (Å²) in [5, 5.41) is 12.7. The van der Waals surface area contributed by atoms with E-state index in [9.17, 15) is 13.5 Å². The Morgan fingerprint density at radius 2 is 2.00 bits per heavy atom. The number of sulfone groups is 1. The van der Waals surface area contributed by atoms with Crippen molar-refractivity contribution in [2.45, 2.75) is 25.1 Å². The molecule has 0 fully saturated rings. The molecule has 0 heterocycles. The summed E-state index contributed by atoms with van der Waals surface area (Å²) in [5.41, 5.74) is 0.730. The Morgan fingerprint density at radius 1 is 1.39 bits per heavy atom. The van der Waals surface area contributed by atoms with Gasteiger partial charge in [-0.2, -0.15) is 0 Å². The van der Waals surface area contributed by atoms with Crippen LogP contribution in [0.25, 0.3) is 0 Å². The number of rotatable bonds is 5. The standard InChI is InChI=1S/C12H18BrNO3S/c1-12(2,18(3,16)17)8-14-7-9-6-10(13)4-5-11(9)15/h4-6,14-15H,7-8H2,1-3H3. The highest BCUT2D eigenvalue weighted by atomic mass is 79.9. The first-order chi connectivity index (χ1) is 8.13. The number of benzene rings is 1. The van der Waals surface area contributed by atoms with Gasteiger partial charge in [-0.1, -0.05) is 15.9 Å². The highest BCUT2D eigenvalue weighted by Crippen LogP contribution is 2.22.